The molecule has 7 heteroatoms. The number of aromatic hydroxyl groups is 1. The van der Waals surface area contributed by atoms with Crippen LogP contribution < -0.4 is 4.74 Å². The van der Waals surface area contributed by atoms with Gasteiger partial charge in [-0.25, -0.2) is 0 Å². The molecule has 25 heavy (non-hydrogen) atoms. The molecular formula is C18H17Cl2NO4. The fraction of sp³-hybridized carbons (Fsp3) is 0.333. The minimum atomic E-state index is -1.76. The van der Waals surface area contributed by atoms with Crippen LogP contribution in [0, 0.1) is 0 Å². The number of phenols is 1. The van der Waals surface area contributed by atoms with E-state index in [-0.39, 0.29) is 12.2 Å². The Kier molecular flexibility index (Phi) is 4.12. The molecule has 1 aromatic rings. The van der Waals surface area contributed by atoms with Crippen LogP contribution in [-0.2, 0) is 9.59 Å². The number of benzene rings is 1. The van der Waals surface area contributed by atoms with Crippen molar-refractivity contribution in [3.63, 3.8) is 0 Å². The van der Waals surface area contributed by atoms with Gasteiger partial charge in [0, 0.05) is 24.6 Å². The average Bonchev–Trinajstić information content (AvgIpc) is 2.74. The Morgan fingerprint density at radius 2 is 2.04 bits per heavy atom. The van der Waals surface area contributed by atoms with Gasteiger partial charge in [0.25, 0.3) is 11.8 Å². The first-order chi connectivity index (χ1) is 11.7. The zero-order valence-corrected chi connectivity index (χ0v) is 15.3. The third kappa shape index (κ3) is 2.15. The lowest BCUT2D eigenvalue weighted by Gasteiger charge is -2.42. The van der Waals surface area contributed by atoms with E-state index in [9.17, 15) is 14.7 Å². The van der Waals surface area contributed by atoms with Crippen molar-refractivity contribution >= 4 is 35.0 Å². The summed E-state index contributed by atoms with van der Waals surface area (Å²) in [6, 6.07) is 4.68. The lowest BCUT2D eigenvalue weighted by atomic mass is 9.68. The Hall–Kier alpha value is -1.98. The Labute approximate surface area is 155 Å². The molecule has 0 saturated carbocycles. The lowest BCUT2D eigenvalue weighted by Crippen LogP contribution is -2.54. The highest BCUT2D eigenvalue weighted by Gasteiger charge is 2.72. The molecule has 5 nitrogen and oxygen atoms in total. The van der Waals surface area contributed by atoms with Crippen molar-refractivity contribution in [1.29, 1.82) is 0 Å². The molecule has 3 unspecified atom stereocenters. The topological polar surface area (TPSA) is 66.8 Å². The molecule has 1 fully saturated rings. The van der Waals surface area contributed by atoms with E-state index in [0.717, 1.165) is 4.90 Å². The molecule has 1 heterocycles. The molecule has 1 aliphatic carbocycles. The van der Waals surface area contributed by atoms with Gasteiger partial charge in [-0.1, -0.05) is 24.8 Å². The number of allylic oxidation sites excluding steroid dienone is 3. The standard InChI is InChI=1S/C18H17Cl2NO4/c1-4-10-7-8-17(19)15(23)21(2)16(24)18(17,20)14(10)12-6-5-11(25-3)9-13(12)22/h4-7,9,14,22H,1,8H2,2-3H3. The van der Waals surface area contributed by atoms with E-state index in [0.29, 0.717) is 16.9 Å². The summed E-state index contributed by atoms with van der Waals surface area (Å²) in [4.78, 5) is 23.0. The van der Waals surface area contributed by atoms with Crippen LogP contribution in [0.2, 0.25) is 0 Å². The fourth-order valence-electron chi connectivity index (χ4n) is 3.61. The molecule has 132 valence electrons. The molecule has 0 spiro atoms. The number of imide groups is 1. The van der Waals surface area contributed by atoms with E-state index >= 15 is 0 Å². The average molecular weight is 382 g/mol. The second-order valence-electron chi connectivity index (χ2n) is 6.15. The molecule has 1 N–H and O–H groups in total. The second kappa shape index (κ2) is 5.78. The number of fused-ring (bicyclic) bond motifs is 1. The smallest absolute Gasteiger partial charge is 0.253 e. The van der Waals surface area contributed by atoms with Crippen LogP contribution in [0.15, 0.2) is 42.5 Å². The Bertz CT molecular complexity index is 821. The van der Waals surface area contributed by atoms with E-state index in [1.54, 1.807) is 24.3 Å². The minimum Gasteiger partial charge on any atom is -0.508 e. The molecule has 0 aromatic heterocycles. The summed E-state index contributed by atoms with van der Waals surface area (Å²) < 4.78 is 5.09. The van der Waals surface area contributed by atoms with E-state index in [1.807, 2.05) is 0 Å². The summed E-state index contributed by atoms with van der Waals surface area (Å²) in [6.07, 6.45) is 3.39. The number of nitrogens with zero attached hydrogens (tertiary/aromatic N) is 1. The predicted molar refractivity (Wildman–Crippen MR) is 95.2 cm³/mol. The molecular weight excluding hydrogens is 365 g/mol. The number of carbonyl (C=O) groups is 2. The summed E-state index contributed by atoms with van der Waals surface area (Å²) in [5.41, 5.74) is 1.01. The van der Waals surface area contributed by atoms with E-state index < -0.39 is 27.5 Å². The first-order valence-corrected chi connectivity index (χ1v) is 8.37. The third-order valence-electron chi connectivity index (χ3n) is 4.97. The molecule has 0 bridgehead atoms. The van der Waals surface area contributed by atoms with Gasteiger partial charge in [-0.2, -0.15) is 0 Å². The van der Waals surface area contributed by atoms with Crippen molar-refractivity contribution < 1.29 is 19.4 Å². The molecule has 1 aliphatic heterocycles. The number of carbonyl (C=O) groups excluding carboxylic acids is 2. The number of methoxy groups -OCH3 is 1. The Balaban J connectivity index is 2.27. The maximum absolute atomic E-state index is 12.9. The zero-order chi connectivity index (χ0) is 18.6. The number of halogens is 2. The van der Waals surface area contributed by atoms with Gasteiger partial charge in [0.05, 0.1) is 7.11 Å². The number of hydrogen-bond donors (Lipinski definition) is 1. The van der Waals surface area contributed by atoms with Gasteiger partial charge in [0.1, 0.15) is 11.5 Å². The van der Waals surface area contributed by atoms with Crippen molar-refractivity contribution in [2.45, 2.75) is 22.1 Å². The number of ether oxygens (including phenoxy) is 1. The Morgan fingerprint density at radius 1 is 1.36 bits per heavy atom. The van der Waals surface area contributed by atoms with Crippen LogP contribution >= 0.6 is 23.2 Å². The van der Waals surface area contributed by atoms with Gasteiger partial charge in [0.15, 0.2) is 9.75 Å². The largest absolute Gasteiger partial charge is 0.508 e. The number of rotatable bonds is 3. The summed E-state index contributed by atoms with van der Waals surface area (Å²) >= 11 is 13.4. The van der Waals surface area contributed by atoms with Crippen molar-refractivity contribution in [3.8, 4) is 11.5 Å². The maximum atomic E-state index is 12.9. The van der Waals surface area contributed by atoms with Gasteiger partial charge < -0.3 is 9.84 Å². The lowest BCUT2D eigenvalue weighted by molar-refractivity contribution is -0.137. The number of likely N-dealkylation sites (tertiary alicyclic amines) is 1. The molecule has 1 saturated heterocycles. The Morgan fingerprint density at radius 3 is 2.60 bits per heavy atom. The molecule has 2 amide bonds. The van der Waals surface area contributed by atoms with E-state index in [1.165, 1.54) is 20.2 Å². The van der Waals surface area contributed by atoms with Crippen LogP contribution in [-0.4, -0.2) is 45.7 Å². The normalized spacial score (nSPS) is 31.6. The molecule has 1 aromatic carbocycles. The van der Waals surface area contributed by atoms with Crippen molar-refractivity contribution in [1.82, 2.24) is 4.90 Å². The summed E-state index contributed by atoms with van der Waals surface area (Å²) in [5.74, 6) is -1.63. The molecule has 0 radical (unpaired) electrons. The predicted octanol–water partition coefficient (Wildman–Crippen LogP) is 2.95. The van der Waals surface area contributed by atoms with Crippen LogP contribution in [0.1, 0.15) is 17.9 Å². The first-order valence-electron chi connectivity index (χ1n) is 7.62. The SMILES string of the molecule is C=CC1=CCC2(Cl)C(=O)N(C)C(=O)C2(Cl)C1c1ccc(OC)cc1O. The van der Waals surface area contributed by atoms with Crippen LogP contribution in [0.3, 0.4) is 0 Å². The van der Waals surface area contributed by atoms with E-state index in [2.05, 4.69) is 6.58 Å². The summed E-state index contributed by atoms with van der Waals surface area (Å²) in [6.45, 7) is 3.77. The number of phenolic OH excluding ortho intramolecular Hbond substituents is 1. The van der Waals surface area contributed by atoms with Crippen molar-refractivity contribution in [3.05, 3.63) is 48.1 Å². The van der Waals surface area contributed by atoms with Gasteiger partial charge in [-0.05, 0) is 18.1 Å². The van der Waals surface area contributed by atoms with Crippen molar-refractivity contribution in [2.24, 2.45) is 0 Å². The summed E-state index contributed by atoms with van der Waals surface area (Å²) in [7, 11) is 2.83. The fourth-order valence-corrected chi connectivity index (χ4v) is 4.53. The van der Waals surface area contributed by atoms with Gasteiger partial charge in [-0.3, -0.25) is 14.5 Å². The van der Waals surface area contributed by atoms with Gasteiger partial charge in [-0.15, -0.1) is 23.2 Å². The molecule has 3 atom stereocenters. The third-order valence-corrected chi connectivity index (χ3v) is 6.38. The number of hydrogen-bond acceptors (Lipinski definition) is 4. The summed E-state index contributed by atoms with van der Waals surface area (Å²) in [5, 5.41) is 10.5. The molecule has 3 rings (SSSR count). The molecule has 2 aliphatic rings. The highest BCUT2D eigenvalue weighted by Crippen LogP contribution is 2.59. The van der Waals surface area contributed by atoms with Gasteiger partial charge >= 0.3 is 0 Å². The second-order valence-corrected chi connectivity index (χ2v) is 7.39. The van der Waals surface area contributed by atoms with Crippen molar-refractivity contribution in [2.75, 3.05) is 14.2 Å². The van der Waals surface area contributed by atoms with Crippen LogP contribution in [0.4, 0.5) is 0 Å². The monoisotopic (exact) mass is 381 g/mol. The van der Waals surface area contributed by atoms with E-state index in [4.69, 9.17) is 27.9 Å². The quantitative estimate of drug-likeness (QED) is 0.645. The minimum absolute atomic E-state index is 0.0989. The maximum Gasteiger partial charge on any atom is 0.253 e. The number of alkyl halides is 2. The highest BCUT2D eigenvalue weighted by molar-refractivity contribution is 6.53. The zero-order valence-electron chi connectivity index (χ0n) is 13.8. The van der Waals surface area contributed by atoms with Crippen LogP contribution in [0.5, 0.6) is 11.5 Å². The first kappa shape index (κ1) is 17.8. The highest BCUT2D eigenvalue weighted by atomic mass is 35.5. The number of amides is 2. The van der Waals surface area contributed by atoms with Gasteiger partial charge in [0.2, 0.25) is 0 Å². The van der Waals surface area contributed by atoms with Crippen LogP contribution in [0.25, 0.3) is 0 Å².